The van der Waals surface area contributed by atoms with E-state index in [1.165, 1.54) is 13.2 Å². The van der Waals surface area contributed by atoms with Crippen molar-refractivity contribution in [3.8, 4) is 0 Å². The normalized spacial score (nSPS) is 16.8. The number of methoxy groups -OCH3 is 1. The number of hydrogen-bond acceptors (Lipinski definition) is 4. The molecule has 0 aromatic carbocycles. The van der Waals surface area contributed by atoms with Crippen molar-refractivity contribution in [3.63, 3.8) is 0 Å². The summed E-state index contributed by atoms with van der Waals surface area (Å²) in [6.07, 6.45) is 1.23. The van der Waals surface area contributed by atoms with E-state index in [1.807, 2.05) is 0 Å². The van der Waals surface area contributed by atoms with Gasteiger partial charge in [-0.1, -0.05) is 12.7 Å². The fourth-order valence-electron chi connectivity index (χ4n) is 0.757. The third-order valence-electron chi connectivity index (χ3n) is 1.24. The quantitative estimate of drug-likeness (QED) is 0.420. The zero-order valence-corrected chi connectivity index (χ0v) is 5.92. The average Bonchev–Trinajstić information content (AvgIpc) is 2.24. The Bertz CT molecular complexity index is 262. The molecule has 1 heterocycles. The van der Waals surface area contributed by atoms with Crippen LogP contribution in [0.1, 0.15) is 0 Å². The molecule has 1 aliphatic heterocycles. The molecule has 4 heteroatoms. The fourth-order valence-corrected chi connectivity index (χ4v) is 0.757. The summed E-state index contributed by atoms with van der Waals surface area (Å²) >= 11 is 0. The Balaban J connectivity index is 3.11. The average molecular weight is 154 g/mol. The summed E-state index contributed by atoms with van der Waals surface area (Å²) in [5.74, 6) is -1.54. The Kier molecular flexibility index (Phi) is 1.76. The lowest BCUT2D eigenvalue weighted by Gasteiger charge is -1.93. The van der Waals surface area contributed by atoms with Crippen LogP contribution in [0.4, 0.5) is 0 Å². The highest BCUT2D eigenvalue weighted by Crippen LogP contribution is 2.17. The van der Waals surface area contributed by atoms with Crippen molar-refractivity contribution >= 4 is 11.9 Å². The Labute approximate surface area is 63.1 Å². The first-order valence-electron chi connectivity index (χ1n) is 2.88. The van der Waals surface area contributed by atoms with E-state index in [2.05, 4.69) is 16.1 Å². The molecule has 0 bridgehead atoms. The molecule has 0 aromatic rings. The predicted molar refractivity (Wildman–Crippen MR) is 35.3 cm³/mol. The van der Waals surface area contributed by atoms with Crippen LogP contribution in [-0.4, -0.2) is 19.0 Å². The van der Waals surface area contributed by atoms with Gasteiger partial charge < -0.3 is 9.47 Å². The van der Waals surface area contributed by atoms with Crippen LogP contribution in [0.5, 0.6) is 0 Å². The highest BCUT2D eigenvalue weighted by Gasteiger charge is 2.32. The SMILES string of the molecule is C=CC1=C(OC)C(=O)OC1=O. The van der Waals surface area contributed by atoms with Crippen LogP contribution in [0.2, 0.25) is 0 Å². The van der Waals surface area contributed by atoms with Crippen LogP contribution in [0.15, 0.2) is 24.0 Å². The van der Waals surface area contributed by atoms with E-state index in [4.69, 9.17) is 0 Å². The smallest absolute Gasteiger partial charge is 0.382 e. The van der Waals surface area contributed by atoms with Crippen LogP contribution < -0.4 is 0 Å². The van der Waals surface area contributed by atoms with E-state index in [0.717, 1.165) is 0 Å². The van der Waals surface area contributed by atoms with Gasteiger partial charge >= 0.3 is 11.9 Å². The molecule has 1 aliphatic rings. The maximum absolute atomic E-state index is 10.7. The Hall–Kier alpha value is -1.58. The molecule has 11 heavy (non-hydrogen) atoms. The zero-order chi connectivity index (χ0) is 8.43. The minimum Gasteiger partial charge on any atom is -0.489 e. The van der Waals surface area contributed by atoms with E-state index in [0.29, 0.717) is 0 Å². The molecule has 0 aromatic heterocycles. The van der Waals surface area contributed by atoms with Gasteiger partial charge in [-0.15, -0.1) is 0 Å². The van der Waals surface area contributed by atoms with Gasteiger partial charge in [0.25, 0.3) is 0 Å². The number of hydrogen-bond donors (Lipinski definition) is 0. The maximum Gasteiger partial charge on any atom is 0.382 e. The molecule has 0 saturated heterocycles. The van der Waals surface area contributed by atoms with Gasteiger partial charge in [0.05, 0.1) is 7.11 Å². The topological polar surface area (TPSA) is 52.6 Å². The van der Waals surface area contributed by atoms with Crippen molar-refractivity contribution in [1.82, 2.24) is 0 Å². The predicted octanol–water partition coefficient (Wildman–Crippen LogP) is 0.156. The van der Waals surface area contributed by atoms with E-state index >= 15 is 0 Å². The van der Waals surface area contributed by atoms with Crippen LogP contribution >= 0.6 is 0 Å². The molecule has 0 spiro atoms. The number of carbonyl (C=O) groups excluding carboxylic acids is 2. The van der Waals surface area contributed by atoms with E-state index in [9.17, 15) is 9.59 Å². The van der Waals surface area contributed by atoms with Gasteiger partial charge in [0.1, 0.15) is 5.57 Å². The van der Waals surface area contributed by atoms with Gasteiger partial charge in [0.15, 0.2) is 0 Å². The summed E-state index contributed by atoms with van der Waals surface area (Å²) in [5, 5.41) is 0. The molecule has 0 unspecified atom stereocenters. The number of esters is 2. The van der Waals surface area contributed by atoms with Crippen molar-refractivity contribution in [2.75, 3.05) is 7.11 Å². The summed E-state index contributed by atoms with van der Waals surface area (Å²) < 4.78 is 8.83. The van der Waals surface area contributed by atoms with Crippen molar-refractivity contribution < 1.29 is 19.1 Å². The first-order chi connectivity index (χ1) is 5.20. The van der Waals surface area contributed by atoms with Gasteiger partial charge in [-0.3, -0.25) is 0 Å². The Morgan fingerprint density at radius 2 is 2.09 bits per heavy atom. The van der Waals surface area contributed by atoms with Crippen LogP contribution in [-0.2, 0) is 19.1 Å². The maximum atomic E-state index is 10.7. The molecular formula is C7H6O4. The standard InChI is InChI=1S/C7H6O4/c1-3-4-5(10-2)7(9)11-6(4)8/h3H,1H2,2H3. The third-order valence-corrected chi connectivity index (χ3v) is 1.24. The molecule has 0 aliphatic carbocycles. The minimum atomic E-state index is -0.757. The monoisotopic (exact) mass is 154 g/mol. The number of ether oxygens (including phenoxy) is 2. The summed E-state index contributed by atoms with van der Waals surface area (Å²) in [6.45, 7) is 3.33. The van der Waals surface area contributed by atoms with Crippen molar-refractivity contribution in [2.45, 2.75) is 0 Å². The van der Waals surface area contributed by atoms with Gasteiger partial charge in [0.2, 0.25) is 5.76 Å². The highest BCUT2D eigenvalue weighted by atomic mass is 16.6. The highest BCUT2D eigenvalue weighted by molar-refractivity contribution is 6.12. The number of carbonyl (C=O) groups is 2. The molecule has 1 rings (SSSR count). The van der Waals surface area contributed by atoms with Gasteiger partial charge in [-0.05, 0) is 0 Å². The largest absolute Gasteiger partial charge is 0.489 e. The summed E-state index contributed by atoms with van der Waals surface area (Å²) in [4.78, 5) is 21.4. The number of cyclic esters (lactones) is 2. The van der Waals surface area contributed by atoms with Gasteiger partial charge in [-0.2, -0.15) is 0 Å². The molecular weight excluding hydrogens is 148 g/mol. The van der Waals surface area contributed by atoms with Crippen molar-refractivity contribution in [2.24, 2.45) is 0 Å². The van der Waals surface area contributed by atoms with E-state index in [1.54, 1.807) is 0 Å². The lowest BCUT2D eigenvalue weighted by atomic mass is 10.2. The fraction of sp³-hybridized carbons (Fsp3) is 0.143. The second-order valence-electron chi connectivity index (χ2n) is 1.83. The number of rotatable bonds is 2. The second-order valence-corrected chi connectivity index (χ2v) is 1.83. The van der Waals surface area contributed by atoms with Crippen molar-refractivity contribution in [1.29, 1.82) is 0 Å². The first-order valence-corrected chi connectivity index (χ1v) is 2.88. The Morgan fingerprint density at radius 1 is 1.45 bits per heavy atom. The van der Waals surface area contributed by atoms with E-state index < -0.39 is 11.9 Å². The summed E-state index contributed by atoms with van der Waals surface area (Å²) in [7, 11) is 1.29. The Morgan fingerprint density at radius 3 is 2.45 bits per heavy atom. The first kappa shape index (κ1) is 7.53. The van der Waals surface area contributed by atoms with Gasteiger partial charge in [0, 0.05) is 0 Å². The lowest BCUT2D eigenvalue weighted by molar-refractivity contribution is -0.152. The molecule has 0 radical (unpaired) electrons. The minimum absolute atomic E-state index is 0.0787. The van der Waals surface area contributed by atoms with Crippen LogP contribution in [0.25, 0.3) is 0 Å². The second kappa shape index (κ2) is 2.57. The molecule has 58 valence electrons. The summed E-state index contributed by atoms with van der Waals surface area (Å²) in [6, 6.07) is 0. The molecule has 0 fully saturated rings. The van der Waals surface area contributed by atoms with Gasteiger partial charge in [-0.25, -0.2) is 9.59 Å². The lowest BCUT2D eigenvalue weighted by Crippen LogP contribution is -2.02. The van der Waals surface area contributed by atoms with Crippen LogP contribution in [0.3, 0.4) is 0 Å². The van der Waals surface area contributed by atoms with Crippen LogP contribution in [0, 0.1) is 0 Å². The molecule has 0 saturated carbocycles. The zero-order valence-electron chi connectivity index (χ0n) is 5.92. The molecule has 0 N–H and O–H groups in total. The third kappa shape index (κ3) is 1.02. The molecule has 4 nitrogen and oxygen atoms in total. The molecule has 0 atom stereocenters. The molecule has 0 amide bonds. The summed E-state index contributed by atoms with van der Waals surface area (Å²) in [5.41, 5.74) is 0.0810. The van der Waals surface area contributed by atoms with Crippen molar-refractivity contribution in [3.05, 3.63) is 24.0 Å². The van der Waals surface area contributed by atoms with E-state index in [-0.39, 0.29) is 11.3 Å².